The number of likely N-dealkylation sites (N-methyl/N-ethyl adjacent to an activating group) is 1. The number of phosphoric acid groups is 1. The fraction of sp³-hybridized carbons (Fsp3) is 0.783. The van der Waals surface area contributed by atoms with E-state index in [0.29, 0.717) is 17.4 Å². The normalized spacial score (nSPS) is 14.5. The van der Waals surface area contributed by atoms with Crippen LogP contribution in [0.25, 0.3) is 0 Å². The van der Waals surface area contributed by atoms with E-state index in [2.05, 4.69) is 79.9 Å². The van der Waals surface area contributed by atoms with Gasteiger partial charge in [-0.1, -0.05) is 247 Å². The second-order valence-corrected chi connectivity index (χ2v) is 22.1. The summed E-state index contributed by atoms with van der Waals surface area (Å²) in [6.45, 7) is 4.70. The first kappa shape index (κ1) is 66.9. The molecule has 8 nitrogen and oxygen atoms in total. The van der Waals surface area contributed by atoms with Gasteiger partial charge in [0.25, 0.3) is 0 Å². The Morgan fingerprint density at radius 2 is 0.884 bits per heavy atom. The zero-order valence-electron chi connectivity index (χ0n) is 45.8. The molecule has 0 heterocycles. The lowest BCUT2D eigenvalue weighted by molar-refractivity contribution is -0.870. The van der Waals surface area contributed by atoms with Crippen molar-refractivity contribution in [3.8, 4) is 0 Å². The molecule has 0 saturated carbocycles. The van der Waals surface area contributed by atoms with E-state index in [1.807, 2.05) is 27.2 Å². The second-order valence-electron chi connectivity index (χ2n) is 20.6. The van der Waals surface area contributed by atoms with Gasteiger partial charge in [-0.2, -0.15) is 0 Å². The second kappa shape index (κ2) is 50.9. The summed E-state index contributed by atoms with van der Waals surface area (Å²) >= 11 is 0. The maximum Gasteiger partial charge on any atom is 0.472 e. The summed E-state index contributed by atoms with van der Waals surface area (Å²) in [6, 6.07) is -0.870. The van der Waals surface area contributed by atoms with Gasteiger partial charge >= 0.3 is 7.82 Å². The fourth-order valence-corrected chi connectivity index (χ4v) is 8.90. The molecule has 0 aliphatic carbocycles. The Labute approximate surface area is 427 Å². The van der Waals surface area contributed by atoms with E-state index in [1.165, 1.54) is 167 Å². The van der Waals surface area contributed by atoms with Crippen molar-refractivity contribution < 1.29 is 32.9 Å². The Balaban J connectivity index is 4.28. The number of carbonyl (C=O) groups excluding carboxylic acids is 1. The lowest BCUT2D eigenvalue weighted by Crippen LogP contribution is -2.45. The zero-order valence-corrected chi connectivity index (χ0v) is 46.7. The van der Waals surface area contributed by atoms with Crippen molar-refractivity contribution in [2.75, 3.05) is 40.9 Å². The Morgan fingerprint density at radius 3 is 1.33 bits per heavy atom. The number of nitrogens with zero attached hydrogens (tertiary/aromatic N) is 1. The topological polar surface area (TPSA) is 105 Å². The zero-order chi connectivity index (χ0) is 50.6. The van der Waals surface area contributed by atoms with Crippen molar-refractivity contribution in [2.24, 2.45) is 0 Å². The van der Waals surface area contributed by atoms with E-state index >= 15 is 0 Å². The van der Waals surface area contributed by atoms with E-state index in [0.717, 1.165) is 64.2 Å². The number of hydrogen-bond acceptors (Lipinski definition) is 5. The summed E-state index contributed by atoms with van der Waals surface area (Å²) in [5.41, 5.74) is 0. The Hall–Kier alpha value is -2.06. The molecule has 0 bridgehead atoms. The molecule has 0 radical (unpaired) electrons. The van der Waals surface area contributed by atoms with Gasteiger partial charge in [-0.15, -0.1) is 0 Å². The molecule has 0 spiro atoms. The summed E-state index contributed by atoms with van der Waals surface area (Å²) in [7, 11) is 1.55. The van der Waals surface area contributed by atoms with Gasteiger partial charge in [-0.25, -0.2) is 4.57 Å². The first-order chi connectivity index (χ1) is 33.5. The van der Waals surface area contributed by atoms with Crippen molar-refractivity contribution in [3.05, 3.63) is 72.9 Å². The molecule has 0 aromatic rings. The summed E-state index contributed by atoms with van der Waals surface area (Å²) in [6.07, 6.45) is 70.0. The highest BCUT2D eigenvalue weighted by Gasteiger charge is 2.27. The van der Waals surface area contributed by atoms with Crippen LogP contribution in [0.1, 0.15) is 251 Å². The quantitative estimate of drug-likeness (QED) is 0.0243. The van der Waals surface area contributed by atoms with Gasteiger partial charge in [0.1, 0.15) is 13.2 Å². The molecular formula is C60H112N2O6P+. The van der Waals surface area contributed by atoms with Crippen LogP contribution in [0.4, 0.5) is 0 Å². The highest BCUT2D eigenvalue weighted by atomic mass is 31.2. The van der Waals surface area contributed by atoms with Gasteiger partial charge in [0.15, 0.2) is 0 Å². The predicted octanol–water partition coefficient (Wildman–Crippen LogP) is 17.5. The summed E-state index contributed by atoms with van der Waals surface area (Å²) in [5, 5.41) is 13.9. The maximum absolute atomic E-state index is 13.0. The smallest absolute Gasteiger partial charge is 0.387 e. The number of allylic oxidation sites excluding steroid dienone is 11. The van der Waals surface area contributed by atoms with Crippen molar-refractivity contribution >= 4 is 13.7 Å². The monoisotopic (exact) mass is 988 g/mol. The van der Waals surface area contributed by atoms with E-state index in [1.54, 1.807) is 6.08 Å². The molecule has 0 rings (SSSR count). The molecule has 3 atom stereocenters. The number of aliphatic hydroxyl groups is 1. The largest absolute Gasteiger partial charge is 0.472 e. The minimum absolute atomic E-state index is 0.0526. The number of nitrogens with one attached hydrogen (secondary N) is 1. The van der Waals surface area contributed by atoms with Crippen LogP contribution in [0.5, 0.6) is 0 Å². The highest BCUT2D eigenvalue weighted by Crippen LogP contribution is 2.43. The van der Waals surface area contributed by atoms with Gasteiger partial charge in [-0.05, 0) is 70.6 Å². The molecule has 0 aromatic heterocycles. The number of carbonyl (C=O) groups is 1. The molecule has 0 fully saturated rings. The predicted molar refractivity (Wildman–Crippen MR) is 300 cm³/mol. The Kier molecular flexibility index (Phi) is 49.3. The van der Waals surface area contributed by atoms with E-state index in [9.17, 15) is 19.4 Å². The molecular weight excluding hydrogens is 876 g/mol. The van der Waals surface area contributed by atoms with E-state index in [-0.39, 0.29) is 19.1 Å². The summed E-state index contributed by atoms with van der Waals surface area (Å²) in [5.74, 6) is -0.192. The molecule has 3 unspecified atom stereocenters. The van der Waals surface area contributed by atoms with Crippen LogP contribution in [0.3, 0.4) is 0 Å². The van der Waals surface area contributed by atoms with Gasteiger partial charge in [0, 0.05) is 6.42 Å². The Morgan fingerprint density at radius 1 is 0.507 bits per heavy atom. The average Bonchev–Trinajstić information content (AvgIpc) is 3.31. The SMILES string of the molecule is CC/C=C\C/C=C\C/C=C\C/C=C\CCCCCCCCCCCCC(=O)NC(COP(=O)(O)OCC[N+](C)(C)C)C(O)/C=C/CC/C=C/CCCCCCCCCCCCCCCCCCCC. The van der Waals surface area contributed by atoms with Crippen LogP contribution in [-0.4, -0.2) is 73.4 Å². The van der Waals surface area contributed by atoms with Gasteiger partial charge < -0.3 is 19.8 Å². The third kappa shape index (κ3) is 53.6. The van der Waals surface area contributed by atoms with Crippen molar-refractivity contribution in [1.29, 1.82) is 0 Å². The number of aliphatic hydroxyl groups excluding tert-OH is 1. The third-order valence-corrected chi connectivity index (χ3v) is 13.6. The molecule has 9 heteroatoms. The fourth-order valence-electron chi connectivity index (χ4n) is 8.17. The summed E-state index contributed by atoms with van der Waals surface area (Å²) in [4.78, 5) is 23.3. The first-order valence-corrected chi connectivity index (χ1v) is 30.3. The van der Waals surface area contributed by atoms with Gasteiger partial charge in [-0.3, -0.25) is 13.8 Å². The number of quaternary nitrogens is 1. The lowest BCUT2D eigenvalue weighted by Gasteiger charge is -2.25. The van der Waals surface area contributed by atoms with Crippen LogP contribution >= 0.6 is 7.82 Å². The van der Waals surface area contributed by atoms with E-state index < -0.39 is 20.0 Å². The number of unbranched alkanes of at least 4 members (excludes halogenated alkanes) is 29. The van der Waals surface area contributed by atoms with Crippen LogP contribution in [0, 0.1) is 0 Å². The molecule has 0 aliphatic rings. The molecule has 402 valence electrons. The lowest BCUT2D eigenvalue weighted by atomic mass is 10.0. The minimum atomic E-state index is -4.36. The van der Waals surface area contributed by atoms with Crippen molar-refractivity contribution in [3.63, 3.8) is 0 Å². The summed E-state index contributed by atoms with van der Waals surface area (Å²) < 4.78 is 23.7. The third-order valence-electron chi connectivity index (χ3n) is 12.7. The molecule has 0 aromatic carbocycles. The number of hydrogen-bond donors (Lipinski definition) is 3. The molecule has 1 amide bonds. The van der Waals surface area contributed by atoms with Crippen LogP contribution in [0.2, 0.25) is 0 Å². The first-order valence-electron chi connectivity index (χ1n) is 28.8. The number of phosphoric ester groups is 1. The van der Waals surface area contributed by atoms with Crippen molar-refractivity contribution in [1.82, 2.24) is 5.32 Å². The maximum atomic E-state index is 13.0. The molecule has 0 saturated heterocycles. The van der Waals surface area contributed by atoms with E-state index in [4.69, 9.17) is 9.05 Å². The standard InChI is InChI=1S/C60H111N2O6P/c1-6-8-10-12-14-16-18-20-22-24-26-28-30-32-33-35-37-39-41-43-45-47-49-51-53-59(63)58(57-68-69(65,66)67-56-55-62(3,4)5)61-60(64)54-52-50-48-46-44-42-40-38-36-34-31-29-27-25-23-21-19-17-15-13-11-9-7-2/h9,11,15,17,21,23,27,29,43,45,51,53,58-59,63H,6-8,10,12-14,16,18-20,22,24-26,28,30-42,44,46-50,52,54-57H2,1-5H3,(H-,61,64,65,66)/p+1/b11-9-,17-15-,23-21-,29-27-,45-43+,53-51+. The van der Waals surface area contributed by atoms with Crippen LogP contribution < -0.4 is 5.32 Å². The minimum Gasteiger partial charge on any atom is -0.387 e. The van der Waals surface area contributed by atoms with Gasteiger partial charge in [0.2, 0.25) is 5.91 Å². The molecule has 0 aliphatic heterocycles. The molecule has 69 heavy (non-hydrogen) atoms. The van der Waals surface area contributed by atoms with Crippen molar-refractivity contribution in [2.45, 2.75) is 264 Å². The molecule has 3 N–H and O–H groups in total. The highest BCUT2D eigenvalue weighted by molar-refractivity contribution is 7.47. The van der Waals surface area contributed by atoms with Crippen LogP contribution in [0.15, 0.2) is 72.9 Å². The van der Waals surface area contributed by atoms with Gasteiger partial charge in [0.05, 0.1) is 39.9 Å². The number of amides is 1. The number of rotatable bonds is 52. The Bertz CT molecular complexity index is 1350. The average molecular weight is 989 g/mol. The van der Waals surface area contributed by atoms with Crippen LogP contribution in [-0.2, 0) is 18.4 Å².